The summed E-state index contributed by atoms with van der Waals surface area (Å²) < 4.78 is 5.24. The summed E-state index contributed by atoms with van der Waals surface area (Å²) in [7, 11) is 0. The number of amides is 4. The summed E-state index contributed by atoms with van der Waals surface area (Å²) >= 11 is 0. The minimum absolute atomic E-state index is 0.0809. The van der Waals surface area contributed by atoms with Gasteiger partial charge in [0.2, 0.25) is 0 Å². The zero-order valence-corrected chi connectivity index (χ0v) is 15.7. The number of rotatable bonds is 3. The zero-order chi connectivity index (χ0) is 19.2. The molecule has 0 aromatic heterocycles. The highest BCUT2D eigenvalue weighted by Crippen LogP contribution is 2.32. The van der Waals surface area contributed by atoms with Gasteiger partial charge in [-0.3, -0.25) is 14.6 Å². The monoisotopic (exact) mass is 372 g/mol. The summed E-state index contributed by atoms with van der Waals surface area (Å²) in [4.78, 5) is 42.3. The lowest BCUT2D eigenvalue weighted by Gasteiger charge is -2.44. The molecular formula is C19H24N4O4. The fourth-order valence-electron chi connectivity index (χ4n) is 4.16. The number of ether oxygens (including phenoxy) is 1. The minimum atomic E-state index is -0.437. The molecule has 3 saturated heterocycles. The predicted molar refractivity (Wildman–Crippen MR) is 98.9 cm³/mol. The number of piperazine rings is 1. The molecule has 8 heteroatoms. The quantitative estimate of drug-likeness (QED) is 0.873. The topological polar surface area (TPSA) is 82.2 Å². The van der Waals surface area contributed by atoms with Crippen molar-refractivity contribution in [1.29, 1.82) is 0 Å². The molecule has 1 aromatic rings. The molecule has 3 heterocycles. The molecule has 4 amide bonds. The molecule has 1 N–H and O–H groups in total. The molecule has 0 saturated carbocycles. The maximum Gasteiger partial charge on any atom is 0.410 e. The van der Waals surface area contributed by atoms with Crippen molar-refractivity contribution in [3.8, 4) is 0 Å². The second kappa shape index (κ2) is 6.44. The van der Waals surface area contributed by atoms with Crippen LogP contribution in [0.4, 0.5) is 15.3 Å². The largest absolute Gasteiger partial charge is 0.447 e. The van der Waals surface area contributed by atoms with Crippen LogP contribution in [-0.4, -0.2) is 72.7 Å². The van der Waals surface area contributed by atoms with Crippen molar-refractivity contribution >= 4 is 23.7 Å². The van der Waals surface area contributed by atoms with Gasteiger partial charge in [-0.05, 0) is 31.0 Å². The SMILES string of the molecule is CCC12COC(=O)N1CCN(C(=O)c1ccc(C)c(N3CCNC3=O)c1)C2. The van der Waals surface area contributed by atoms with E-state index in [1.54, 1.807) is 26.8 Å². The summed E-state index contributed by atoms with van der Waals surface area (Å²) in [5, 5.41) is 2.79. The lowest BCUT2D eigenvalue weighted by atomic mass is 9.92. The van der Waals surface area contributed by atoms with Crippen LogP contribution in [0.5, 0.6) is 0 Å². The molecule has 3 aliphatic heterocycles. The summed E-state index contributed by atoms with van der Waals surface area (Å²) in [6.45, 7) is 6.87. The molecule has 1 aromatic carbocycles. The van der Waals surface area contributed by atoms with Gasteiger partial charge in [-0.25, -0.2) is 9.59 Å². The number of anilines is 1. The first-order valence-electron chi connectivity index (χ1n) is 9.35. The molecule has 144 valence electrons. The van der Waals surface area contributed by atoms with Gasteiger partial charge < -0.3 is 15.0 Å². The highest BCUT2D eigenvalue weighted by molar-refractivity contribution is 5.99. The molecule has 0 spiro atoms. The number of cyclic esters (lactones) is 1. The maximum atomic E-state index is 13.2. The number of hydrogen-bond donors (Lipinski definition) is 1. The average molecular weight is 372 g/mol. The van der Waals surface area contributed by atoms with E-state index in [0.717, 1.165) is 17.7 Å². The molecule has 3 fully saturated rings. The van der Waals surface area contributed by atoms with Crippen LogP contribution in [0.1, 0.15) is 29.3 Å². The van der Waals surface area contributed by atoms with E-state index in [0.29, 0.717) is 44.9 Å². The second-order valence-corrected chi connectivity index (χ2v) is 7.40. The molecule has 3 aliphatic rings. The highest BCUT2D eigenvalue weighted by Gasteiger charge is 2.50. The van der Waals surface area contributed by atoms with E-state index < -0.39 is 5.54 Å². The number of carbonyl (C=O) groups is 3. The zero-order valence-electron chi connectivity index (χ0n) is 15.7. The first kappa shape index (κ1) is 17.6. The van der Waals surface area contributed by atoms with Crippen LogP contribution in [0.25, 0.3) is 0 Å². The molecular weight excluding hydrogens is 348 g/mol. The Bertz CT molecular complexity index is 811. The highest BCUT2D eigenvalue weighted by atomic mass is 16.6. The first-order valence-corrected chi connectivity index (χ1v) is 9.35. The van der Waals surface area contributed by atoms with Crippen molar-refractivity contribution in [3.05, 3.63) is 29.3 Å². The van der Waals surface area contributed by atoms with Gasteiger partial charge in [0.25, 0.3) is 5.91 Å². The lowest BCUT2D eigenvalue weighted by Crippen LogP contribution is -2.62. The molecule has 0 aliphatic carbocycles. The number of aryl methyl sites for hydroxylation is 1. The third-order valence-electron chi connectivity index (χ3n) is 5.88. The van der Waals surface area contributed by atoms with Crippen LogP contribution in [0.15, 0.2) is 18.2 Å². The van der Waals surface area contributed by atoms with E-state index in [1.165, 1.54) is 0 Å². The van der Waals surface area contributed by atoms with E-state index in [2.05, 4.69) is 5.32 Å². The average Bonchev–Trinajstić information content (AvgIpc) is 3.25. The Morgan fingerprint density at radius 1 is 1.26 bits per heavy atom. The van der Waals surface area contributed by atoms with Crippen LogP contribution < -0.4 is 10.2 Å². The Morgan fingerprint density at radius 3 is 2.78 bits per heavy atom. The van der Waals surface area contributed by atoms with Crippen molar-refractivity contribution < 1.29 is 19.1 Å². The minimum Gasteiger partial charge on any atom is -0.447 e. The second-order valence-electron chi connectivity index (χ2n) is 7.40. The number of benzene rings is 1. The summed E-state index contributed by atoms with van der Waals surface area (Å²) in [5.74, 6) is -0.0809. The maximum absolute atomic E-state index is 13.2. The number of nitrogens with zero attached hydrogens (tertiary/aromatic N) is 3. The summed E-state index contributed by atoms with van der Waals surface area (Å²) in [6, 6.07) is 5.34. The van der Waals surface area contributed by atoms with Crippen molar-refractivity contribution in [2.24, 2.45) is 0 Å². The van der Waals surface area contributed by atoms with Crippen molar-refractivity contribution in [3.63, 3.8) is 0 Å². The number of nitrogens with one attached hydrogen (secondary N) is 1. The van der Waals surface area contributed by atoms with Crippen LogP contribution >= 0.6 is 0 Å². The van der Waals surface area contributed by atoms with Gasteiger partial charge in [0, 0.05) is 44.0 Å². The number of hydrogen-bond acceptors (Lipinski definition) is 4. The Balaban J connectivity index is 1.58. The Morgan fingerprint density at radius 2 is 2.07 bits per heavy atom. The normalized spacial score (nSPS) is 24.7. The van der Waals surface area contributed by atoms with Crippen molar-refractivity contribution in [2.75, 3.05) is 44.2 Å². The van der Waals surface area contributed by atoms with Crippen LogP contribution in [0.2, 0.25) is 0 Å². The number of urea groups is 1. The molecule has 8 nitrogen and oxygen atoms in total. The van der Waals surface area contributed by atoms with Crippen LogP contribution in [0, 0.1) is 6.92 Å². The standard InChI is InChI=1S/C19H24N4O4/c1-3-19-11-21(8-9-23(19)18(26)27-12-19)16(24)14-5-4-13(2)15(10-14)22-7-6-20-17(22)25/h4-5,10H,3,6-9,11-12H2,1-2H3,(H,20,25). The molecule has 27 heavy (non-hydrogen) atoms. The first-order chi connectivity index (χ1) is 12.9. The van der Waals surface area contributed by atoms with Gasteiger partial charge in [0.15, 0.2) is 0 Å². The van der Waals surface area contributed by atoms with Gasteiger partial charge >= 0.3 is 12.1 Å². The van der Waals surface area contributed by atoms with Crippen molar-refractivity contribution in [2.45, 2.75) is 25.8 Å². The van der Waals surface area contributed by atoms with Gasteiger partial charge in [-0.1, -0.05) is 13.0 Å². The lowest BCUT2D eigenvalue weighted by molar-refractivity contribution is 0.0362. The predicted octanol–water partition coefficient (Wildman–Crippen LogP) is 1.58. The van der Waals surface area contributed by atoms with Gasteiger partial charge in [0.1, 0.15) is 6.61 Å². The van der Waals surface area contributed by atoms with Gasteiger partial charge in [-0.15, -0.1) is 0 Å². The van der Waals surface area contributed by atoms with Gasteiger partial charge in [0.05, 0.1) is 5.54 Å². The Labute approximate surface area is 158 Å². The molecule has 1 unspecified atom stereocenters. The van der Waals surface area contributed by atoms with Crippen LogP contribution in [0.3, 0.4) is 0 Å². The third-order valence-corrected chi connectivity index (χ3v) is 5.88. The third kappa shape index (κ3) is 2.79. The van der Waals surface area contributed by atoms with Gasteiger partial charge in [-0.2, -0.15) is 0 Å². The fraction of sp³-hybridized carbons (Fsp3) is 0.526. The summed E-state index contributed by atoms with van der Waals surface area (Å²) in [6.07, 6.45) is 0.442. The Kier molecular flexibility index (Phi) is 4.20. The van der Waals surface area contributed by atoms with Crippen LogP contribution in [-0.2, 0) is 4.74 Å². The number of carbonyl (C=O) groups excluding carboxylic acids is 3. The molecule has 1 atom stereocenters. The smallest absolute Gasteiger partial charge is 0.410 e. The van der Waals surface area contributed by atoms with E-state index in [9.17, 15) is 14.4 Å². The fourth-order valence-corrected chi connectivity index (χ4v) is 4.16. The Hall–Kier alpha value is -2.77. The van der Waals surface area contributed by atoms with E-state index in [4.69, 9.17) is 4.74 Å². The van der Waals surface area contributed by atoms with Crippen molar-refractivity contribution in [1.82, 2.24) is 15.1 Å². The molecule has 4 rings (SSSR count). The summed E-state index contributed by atoms with van der Waals surface area (Å²) in [5.41, 5.74) is 1.83. The van der Waals surface area contributed by atoms with E-state index in [-0.39, 0.29) is 18.0 Å². The van der Waals surface area contributed by atoms with E-state index in [1.807, 2.05) is 19.9 Å². The molecule has 0 radical (unpaired) electrons. The number of fused-ring (bicyclic) bond motifs is 1. The molecule has 0 bridgehead atoms. The van der Waals surface area contributed by atoms with E-state index >= 15 is 0 Å².